The third kappa shape index (κ3) is 3.71. The van der Waals surface area contributed by atoms with Crippen molar-refractivity contribution in [1.82, 2.24) is 4.90 Å². The molecule has 1 aromatic heterocycles. The minimum absolute atomic E-state index is 0.0528. The highest BCUT2D eigenvalue weighted by Crippen LogP contribution is 2.20. The molecule has 2 rings (SSSR count). The van der Waals surface area contributed by atoms with Crippen molar-refractivity contribution in [3.05, 3.63) is 58.5 Å². The maximum absolute atomic E-state index is 12.5. The zero-order valence-electron chi connectivity index (χ0n) is 11.1. The molecule has 0 saturated heterocycles. The third-order valence-corrected chi connectivity index (χ3v) is 3.60. The number of hydrogen-bond donors (Lipinski definition) is 1. The van der Waals surface area contributed by atoms with E-state index in [0.29, 0.717) is 29.9 Å². The van der Waals surface area contributed by atoms with Gasteiger partial charge in [-0.15, -0.1) is 0 Å². The molecule has 0 aliphatic rings. The highest BCUT2D eigenvalue weighted by Gasteiger charge is 2.19. The van der Waals surface area contributed by atoms with Gasteiger partial charge in [0.15, 0.2) is 4.67 Å². The van der Waals surface area contributed by atoms with Crippen molar-refractivity contribution in [3.8, 4) is 0 Å². The molecule has 0 bridgehead atoms. The molecule has 2 aromatic rings. The van der Waals surface area contributed by atoms with E-state index in [1.165, 1.54) is 6.26 Å². The fourth-order valence-corrected chi connectivity index (χ4v) is 2.36. The summed E-state index contributed by atoms with van der Waals surface area (Å²) < 4.78 is 5.60. The summed E-state index contributed by atoms with van der Waals surface area (Å²) in [5.41, 5.74) is 7.19. The van der Waals surface area contributed by atoms with Gasteiger partial charge >= 0.3 is 0 Å². The molecule has 0 saturated carbocycles. The van der Waals surface area contributed by atoms with E-state index in [0.717, 1.165) is 12.0 Å². The first-order chi connectivity index (χ1) is 9.72. The minimum atomic E-state index is -0.0528. The van der Waals surface area contributed by atoms with Crippen LogP contribution >= 0.6 is 15.9 Å². The average molecular weight is 337 g/mol. The van der Waals surface area contributed by atoms with Crippen molar-refractivity contribution in [1.29, 1.82) is 0 Å². The van der Waals surface area contributed by atoms with Gasteiger partial charge in [-0.25, -0.2) is 0 Å². The van der Waals surface area contributed by atoms with Crippen LogP contribution < -0.4 is 5.73 Å². The Labute approximate surface area is 126 Å². The molecule has 0 aliphatic carbocycles. The lowest BCUT2D eigenvalue weighted by molar-refractivity contribution is 0.0740. The van der Waals surface area contributed by atoms with Gasteiger partial charge < -0.3 is 15.1 Å². The summed E-state index contributed by atoms with van der Waals surface area (Å²) in [5, 5.41) is 0. The van der Waals surface area contributed by atoms with E-state index in [2.05, 4.69) is 15.9 Å². The zero-order chi connectivity index (χ0) is 14.4. The Morgan fingerprint density at radius 3 is 2.60 bits per heavy atom. The van der Waals surface area contributed by atoms with Gasteiger partial charge in [0.2, 0.25) is 0 Å². The summed E-state index contributed by atoms with van der Waals surface area (Å²) in [6.07, 6.45) is 2.27. The maximum Gasteiger partial charge on any atom is 0.258 e. The number of furan rings is 1. The van der Waals surface area contributed by atoms with E-state index in [9.17, 15) is 4.79 Å². The molecule has 2 N–H and O–H groups in total. The molecule has 1 aromatic carbocycles. The fraction of sp³-hybridized carbons (Fsp3) is 0.267. The molecule has 0 unspecified atom stereocenters. The Kier molecular flexibility index (Phi) is 5.38. The normalized spacial score (nSPS) is 10.5. The molecule has 1 amide bonds. The molecule has 1 heterocycles. The summed E-state index contributed by atoms with van der Waals surface area (Å²) in [4.78, 5) is 14.3. The average Bonchev–Trinajstić information content (AvgIpc) is 2.90. The van der Waals surface area contributed by atoms with Gasteiger partial charge in [0, 0.05) is 13.1 Å². The number of carbonyl (C=O) groups excluding carboxylic acids is 1. The Morgan fingerprint density at radius 1 is 1.25 bits per heavy atom. The summed E-state index contributed by atoms with van der Waals surface area (Å²) >= 11 is 3.25. The molecule has 0 atom stereocenters. The molecule has 0 spiro atoms. The lowest BCUT2D eigenvalue weighted by Gasteiger charge is -2.22. The number of benzene rings is 1. The monoisotopic (exact) mass is 336 g/mol. The molecule has 106 valence electrons. The van der Waals surface area contributed by atoms with Crippen LogP contribution in [0.4, 0.5) is 0 Å². The summed E-state index contributed by atoms with van der Waals surface area (Å²) in [5.74, 6) is -0.0528. The van der Waals surface area contributed by atoms with Crippen LogP contribution in [-0.2, 0) is 6.54 Å². The van der Waals surface area contributed by atoms with Gasteiger partial charge in [-0.1, -0.05) is 30.3 Å². The lowest BCUT2D eigenvalue weighted by Crippen LogP contribution is -2.32. The van der Waals surface area contributed by atoms with Crippen molar-refractivity contribution < 1.29 is 9.21 Å². The van der Waals surface area contributed by atoms with Crippen molar-refractivity contribution >= 4 is 21.8 Å². The van der Waals surface area contributed by atoms with Crippen LogP contribution in [-0.4, -0.2) is 23.9 Å². The topological polar surface area (TPSA) is 59.5 Å². The van der Waals surface area contributed by atoms with E-state index >= 15 is 0 Å². The highest BCUT2D eigenvalue weighted by molar-refractivity contribution is 9.10. The summed E-state index contributed by atoms with van der Waals surface area (Å²) in [6, 6.07) is 11.6. The van der Waals surface area contributed by atoms with Crippen molar-refractivity contribution in [2.24, 2.45) is 5.73 Å². The largest absolute Gasteiger partial charge is 0.457 e. The first kappa shape index (κ1) is 14.8. The Morgan fingerprint density at radius 2 is 2.00 bits per heavy atom. The standard InChI is InChI=1S/C15H17BrN2O2/c16-14-13(7-10-20-14)15(19)18(9-4-8-17)11-12-5-2-1-3-6-12/h1-3,5-7,10H,4,8-9,11,17H2. The molecular formula is C15H17BrN2O2. The van der Waals surface area contributed by atoms with Crippen LogP contribution in [0.2, 0.25) is 0 Å². The molecule has 0 radical (unpaired) electrons. The van der Waals surface area contributed by atoms with E-state index in [-0.39, 0.29) is 5.91 Å². The number of carbonyl (C=O) groups is 1. The number of halogens is 1. The fourth-order valence-electron chi connectivity index (χ4n) is 1.95. The second-order valence-corrected chi connectivity index (χ2v) is 5.18. The first-order valence-corrected chi connectivity index (χ1v) is 7.28. The number of nitrogens with two attached hydrogens (primary N) is 1. The molecule has 0 aliphatic heterocycles. The summed E-state index contributed by atoms with van der Waals surface area (Å²) in [7, 11) is 0. The lowest BCUT2D eigenvalue weighted by atomic mass is 10.2. The van der Waals surface area contributed by atoms with Crippen molar-refractivity contribution in [2.75, 3.05) is 13.1 Å². The predicted molar refractivity (Wildman–Crippen MR) is 81.3 cm³/mol. The van der Waals surface area contributed by atoms with Crippen LogP contribution in [0.15, 0.2) is 51.7 Å². The van der Waals surface area contributed by atoms with Crippen LogP contribution in [0.3, 0.4) is 0 Å². The molecule has 20 heavy (non-hydrogen) atoms. The maximum atomic E-state index is 12.5. The van der Waals surface area contributed by atoms with E-state index in [4.69, 9.17) is 10.2 Å². The van der Waals surface area contributed by atoms with Crippen LogP contribution in [0.1, 0.15) is 22.3 Å². The van der Waals surface area contributed by atoms with Gasteiger partial charge in [0.25, 0.3) is 5.91 Å². The van der Waals surface area contributed by atoms with Gasteiger partial charge in [-0.3, -0.25) is 4.79 Å². The molecule has 5 heteroatoms. The Hall–Kier alpha value is -1.59. The number of rotatable bonds is 6. The Bertz CT molecular complexity index is 554. The summed E-state index contributed by atoms with van der Waals surface area (Å²) in [6.45, 7) is 1.75. The van der Waals surface area contributed by atoms with Gasteiger partial charge in [-0.2, -0.15) is 0 Å². The van der Waals surface area contributed by atoms with E-state index in [1.807, 2.05) is 30.3 Å². The minimum Gasteiger partial charge on any atom is -0.457 e. The smallest absolute Gasteiger partial charge is 0.258 e. The zero-order valence-corrected chi connectivity index (χ0v) is 12.7. The van der Waals surface area contributed by atoms with Crippen LogP contribution in [0.5, 0.6) is 0 Å². The quantitative estimate of drug-likeness (QED) is 0.881. The van der Waals surface area contributed by atoms with E-state index in [1.54, 1.807) is 11.0 Å². The highest BCUT2D eigenvalue weighted by atomic mass is 79.9. The van der Waals surface area contributed by atoms with Gasteiger partial charge in [0.05, 0.1) is 11.8 Å². The predicted octanol–water partition coefficient (Wildman–Crippen LogP) is 3.03. The van der Waals surface area contributed by atoms with E-state index < -0.39 is 0 Å². The number of amides is 1. The second kappa shape index (κ2) is 7.26. The number of nitrogens with zero attached hydrogens (tertiary/aromatic N) is 1. The van der Waals surface area contributed by atoms with Crippen molar-refractivity contribution in [3.63, 3.8) is 0 Å². The van der Waals surface area contributed by atoms with Crippen LogP contribution in [0, 0.1) is 0 Å². The Balaban J connectivity index is 2.15. The second-order valence-electron chi connectivity index (χ2n) is 4.46. The SMILES string of the molecule is NCCCN(Cc1ccccc1)C(=O)c1ccoc1Br. The molecular weight excluding hydrogens is 320 g/mol. The number of hydrogen-bond acceptors (Lipinski definition) is 3. The van der Waals surface area contributed by atoms with Crippen molar-refractivity contribution in [2.45, 2.75) is 13.0 Å². The van der Waals surface area contributed by atoms with Gasteiger partial charge in [-0.05, 0) is 40.5 Å². The molecule has 4 nitrogen and oxygen atoms in total. The third-order valence-electron chi connectivity index (χ3n) is 2.98. The van der Waals surface area contributed by atoms with Crippen LogP contribution in [0.25, 0.3) is 0 Å². The molecule has 0 fully saturated rings. The first-order valence-electron chi connectivity index (χ1n) is 6.48. The van der Waals surface area contributed by atoms with Gasteiger partial charge in [0.1, 0.15) is 0 Å².